The first-order chi connectivity index (χ1) is 6.20. The van der Waals surface area contributed by atoms with Gasteiger partial charge in [0.2, 0.25) is 0 Å². The summed E-state index contributed by atoms with van der Waals surface area (Å²) in [5.74, 6) is 0. The van der Waals surface area contributed by atoms with Crippen LogP contribution in [0.5, 0.6) is 0 Å². The average Bonchev–Trinajstić information content (AvgIpc) is 2.48. The minimum atomic E-state index is 0.737. The molecule has 0 fully saturated rings. The van der Waals surface area contributed by atoms with Gasteiger partial charge in [-0.25, -0.2) is 0 Å². The van der Waals surface area contributed by atoms with Gasteiger partial charge in [0.05, 0.1) is 0 Å². The lowest BCUT2D eigenvalue weighted by Crippen LogP contribution is -1.68. The highest BCUT2D eigenvalue weighted by Gasteiger charge is 2.03. The lowest BCUT2D eigenvalue weighted by atomic mass is 10.2. The van der Waals surface area contributed by atoms with E-state index >= 15 is 0 Å². The molecule has 0 aliphatic rings. The molecule has 1 nitrogen and oxygen atoms in total. The molecular formula is C9H4BrNS2. The van der Waals surface area contributed by atoms with E-state index in [1.165, 1.54) is 11.3 Å². The summed E-state index contributed by atoms with van der Waals surface area (Å²) in [6, 6.07) is 7.97. The molecule has 0 saturated carbocycles. The van der Waals surface area contributed by atoms with Gasteiger partial charge in [-0.3, -0.25) is 0 Å². The number of nitrogens with zero attached hydrogens (tertiary/aromatic N) is 1. The van der Waals surface area contributed by atoms with Crippen molar-refractivity contribution in [2.45, 2.75) is 4.90 Å². The van der Waals surface area contributed by atoms with Gasteiger partial charge in [-0.05, 0) is 39.5 Å². The van der Waals surface area contributed by atoms with Crippen molar-refractivity contribution < 1.29 is 0 Å². The van der Waals surface area contributed by atoms with Gasteiger partial charge in [-0.2, -0.15) is 5.26 Å². The Bertz CT molecular complexity index is 471. The zero-order valence-corrected chi connectivity index (χ0v) is 9.71. The van der Waals surface area contributed by atoms with Gasteiger partial charge in [0, 0.05) is 14.1 Å². The lowest BCUT2D eigenvalue weighted by molar-refractivity contribution is 1.48. The number of benzene rings is 1. The van der Waals surface area contributed by atoms with Crippen molar-refractivity contribution in [2.24, 2.45) is 0 Å². The first-order valence-corrected chi connectivity index (χ1v) is 5.58. The molecule has 0 aliphatic carbocycles. The average molecular weight is 270 g/mol. The molecule has 0 N–H and O–H groups in total. The number of fused-ring (bicyclic) bond motifs is 1. The molecular weight excluding hydrogens is 266 g/mol. The Morgan fingerprint density at radius 3 is 2.85 bits per heavy atom. The second-order valence-electron chi connectivity index (χ2n) is 2.56. The van der Waals surface area contributed by atoms with Crippen molar-refractivity contribution in [3.63, 3.8) is 0 Å². The highest BCUT2D eigenvalue weighted by atomic mass is 79.9. The summed E-state index contributed by atoms with van der Waals surface area (Å²) >= 11 is 9.17. The molecule has 0 spiro atoms. The summed E-state index contributed by atoms with van der Waals surface area (Å²) in [7, 11) is 0. The van der Waals surface area contributed by atoms with E-state index in [-0.39, 0.29) is 0 Å². The summed E-state index contributed by atoms with van der Waals surface area (Å²) in [5, 5.41) is 9.80. The van der Waals surface area contributed by atoms with E-state index in [2.05, 4.69) is 34.6 Å². The predicted molar refractivity (Wildman–Crippen MR) is 61.5 cm³/mol. The van der Waals surface area contributed by atoms with Gasteiger partial charge >= 0.3 is 0 Å². The van der Waals surface area contributed by atoms with Crippen molar-refractivity contribution in [1.82, 2.24) is 0 Å². The molecule has 1 heterocycles. The number of nitriles is 1. The Labute approximate surface area is 93.5 Å². The molecule has 64 valence electrons. The largest absolute Gasteiger partial charge is 0.192 e. The number of hydrogen-bond donors (Lipinski definition) is 1. The fourth-order valence-electron chi connectivity index (χ4n) is 1.10. The summed E-state index contributed by atoms with van der Waals surface area (Å²) < 4.78 is 2.07. The SMILES string of the molecule is N#Cc1cc2cc(Br)c(S)cc2s1. The van der Waals surface area contributed by atoms with Crippen LogP contribution in [0.1, 0.15) is 4.88 Å². The van der Waals surface area contributed by atoms with Crippen molar-refractivity contribution in [3.8, 4) is 6.07 Å². The fourth-order valence-corrected chi connectivity index (χ4v) is 2.63. The molecule has 13 heavy (non-hydrogen) atoms. The van der Waals surface area contributed by atoms with Gasteiger partial charge < -0.3 is 0 Å². The number of halogens is 1. The van der Waals surface area contributed by atoms with Crippen molar-refractivity contribution in [2.75, 3.05) is 0 Å². The van der Waals surface area contributed by atoms with Crippen LogP contribution in [0.25, 0.3) is 10.1 Å². The van der Waals surface area contributed by atoms with E-state index in [9.17, 15) is 0 Å². The molecule has 0 unspecified atom stereocenters. The van der Waals surface area contributed by atoms with Crippen molar-refractivity contribution >= 4 is 50.0 Å². The Hall–Kier alpha value is -0.500. The van der Waals surface area contributed by atoms with Gasteiger partial charge in [-0.1, -0.05) is 0 Å². The first-order valence-electron chi connectivity index (χ1n) is 3.53. The minimum absolute atomic E-state index is 0.737. The van der Waals surface area contributed by atoms with Crippen LogP contribution in [0.15, 0.2) is 27.6 Å². The maximum atomic E-state index is 8.71. The summed E-state index contributed by atoms with van der Waals surface area (Å²) in [6.07, 6.45) is 0. The van der Waals surface area contributed by atoms with E-state index in [1.807, 2.05) is 18.2 Å². The molecule has 2 rings (SSSR count). The van der Waals surface area contributed by atoms with Crippen molar-refractivity contribution in [3.05, 3.63) is 27.5 Å². The standard InChI is InChI=1S/C9H4BrNS2/c10-7-2-5-1-6(4-11)13-9(5)3-8(7)12/h1-3,12H. The maximum absolute atomic E-state index is 8.71. The topological polar surface area (TPSA) is 23.8 Å². The van der Waals surface area contributed by atoms with Crippen LogP contribution >= 0.6 is 39.9 Å². The third-order valence-corrected chi connectivity index (χ3v) is 4.03. The summed E-state index contributed by atoms with van der Waals surface area (Å²) in [4.78, 5) is 1.64. The molecule has 1 aromatic heterocycles. The molecule has 0 aliphatic heterocycles. The van der Waals surface area contributed by atoms with E-state index in [0.29, 0.717) is 0 Å². The molecule has 0 bridgehead atoms. The van der Waals surface area contributed by atoms with E-state index < -0.39 is 0 Å². The zero-order chi connectivity index (χ0) is 9.42. The van der Waals surface area contributed by atoms with Gasteiger partial charge in [-0.15, -0.1) is 24.0 Å². The molecule has 0 amide bonds. The van der Waals surface area contributed by atoms with E-state index in [1.54, 1.807) is 0 Å². The summed E-state index contributed by atoms with van der Waals surface area (Å²) in [5.41, 5.74) is 0. The normalized spacial score (nSPS) is 10.2. The quantitative estimate of drug-likeness (QED) is 0.723. The van der Waals surface area contributed by atoms with Gasteiger partial charge in [0.1, 0.15) is 10.9 Å². The molecule has 4 heteroatoms. The number of rotatable bonds is 0. The Balaban J connectivity index is 2.79. The van der Waals surface area contributed by atoms with Crippen LogP contribution in [0.4, 0.5) is 0 Å². The number of thiol groups is 1. The third kappa shape index (κ3) is 1.60. The monoisotopic (exact) mass is 269 g/mol. The number of hydrogen-bond acceptors (Lipinski definition) is 3. The van der Waals surface area contributed by atoms with Crippen LogP contribution in [0, 0.1) is 11.3 Å². The third-order valence-electron chi connectivity index (χ3n) is 1.70. The van der Waals surface area contributed by atoms with Crippen LogP contribution < -0.4 is 0 Å². The van der Waals surface area contributed by atoms with E-state index in [4.69, 9.17) is 5.26 Å². The maximum Gasteiger partial charge on any atom is 0.110 e. The Morgan fingerprint density at radius 2 is 2.15 bits per heavy atom. The Kier molecular flexibility index (Phi) is 2.33. The zero-order valence-electron chi connectivity index (χ0n) is 6.41. The minimum Gasteiger partial charge on any atom is -0.192 e. The fraction of sp³-hybridized carbons (Fsp3) is 0. The van der Waals surface area contributed by atoms with Crippen LogP contribution in [-0.4, -0.2) is 0 Å². The van der Waals surface area contributed by atoms with E-state index in [0.717, 1.165) is 24.3 Å². The molecule has 0 atom stereocenters. The second kappa shape index (κ2) is 3.33. The molecule has 2 aromatic rings. The first kappa shape index (κ1) is 9.07. The molecule has 0 radical (unpaired) electrons. The predicted octanol–water partition coefficient (Wildman–Crippen LogP) is 3.82. The molecule has 0 saturated heterocycles. The second-order valence-corrected chi connectivity index (χ2v) is 4.98. The van der Waals surface area contributed by atoms with Crippen LogP contribution in [0.2, 0.25) is 0 Å². The Morgan fingerprint density at radius 1 is 1.38 bits per heavy atom. The van der Waals surface area contributed by atoms with Crippen LogP contribution in [0.3, 0.4) is 0 Å². The highest BCUT2D eigenvalue weighted by Crippen LogP contribution is 2.32. The van der Waals surface area contributed by atoms with Crippen LogP contribution in [-0.2, 0) is 0 Å². The lowest BCUT2D eigenvalue weighted by Gasteiger charge is -1.95. The van der Waals surface area contributed by atoms with Gasteiger partial charge in [0.15, 0.2) is 0 Å². The van der Waals surface area contributed by atoms with Gasteiger partial charge in [0.25, 0.3) is 0 Å². The summed E-state index contributed by atoms with van der Waals surface area (Å²) in [6.45, 7) is 0. The van der Waals surface area contributed by atoms with Crippen molar-refractivity contribution in [1.29, 1.82) is 5.26 Å². The number of thiophene rings is 1. The smallest absolute Gasteiger partial charge is 0.110 e. The molecule has 1 aromatic carbocycles. The highest BCUT2D eigenvalue weighted by molar-refractivity contribution is 9.10.